The van der Waals surface area contributed by atoms with E-state index >= 15 is 0 Å². The van der Waals surface area contributed by atoms with Crippen LogP contribution in [0.25, 0.3) is 10.8 Å². The summed E-state index contributed by atoms with van der Waals surface area (Å²) in [5.41, 5.74) is -5.65. The molecule has 0 spiro atoms. The van der Waals surface area contributed by atoms with Crippen LogP contribution in [-0.2, 0) is 17.2 Å². The summed E-state index contributed by atoms with van der Waals surface area (Å²) in [4.78, 5) is 0. The summed E-state index contributed by atoms with van der Waals surface area (Å²) < 4.78 is 62.1. The molecule has 9 heteroatoms. The molecule has 0 atom stereocenters. The molecule has 0 aliphatic heterocycles. The van der Waals surface area contributed by atoms with E-state index in [2.05, 4.69) is 44.8 Å². The average Bonchev–Trinajstić information content (AvgIpc) is 2.33. The molecular weight excluding hydrogens is 363 g/mol. The van der Waals surface area contributed by atoms with Crippen molar-refractivity contribution in [2.75, 3.05) is 0 Å². The fourth-order valence-electron chi connectivity index (χ4n) is 1.28. The third kappa shape index (κ3) is 4.15. The first-order chi connectivity index (χ1) is 9.04. The zero-order chi connectivity index (χ0) is 15.6. The second-order valence-corrected chi connectivity index (χ2v) is 5.83. The molecule has 0 saturated heterocycles. The zero-order valence-corrected chi connectivity index (χ0v) is 12.5. The number of aryl methyl sites for hydroxylation is 1. The summed E-state index contributed by atoms with van der Waals surface area (Å²) >= 11 is 3.54. The number of nitrogens with zero attached hydrogens (tertiary/aromatic N) is 1. The van der Waals surface area contributed by atoms with Gasteiger partial charge >= 0.3 is 5.51 Å². The van der Waals surface area contributed by atoms with Crippen molar-refractivity contribution in [3.8, 4) is 0 Å². The van der Waals surface area contributed by atoms with Gasteiger partial charge in [0.05, 0.1) is 5.39 Å². The smallest absolute Gasteiger partial charge is 0.485 e. The number of hydrogen-bond donors (Lipinski definition) is 0. The van der Waals surface area contributed by atoms with Crippen molar-refractivity contribution >= 4 is 36.8 Å². The standard InChI is InChI=1S/C10H9BrN.CHF3O3S/c1-12-7-6-8-4-2-3-5-9(8)10(12)11;2-1(3,4)8(5,6)7/h2-7H,1H3;(H,5,6,7)/q+1;/p-1. The summed E-state index contributed by atoms with van der Waals surface area (Å²) in [6.07, 6.45) is 2.05. The molecule has 0 bridgehead atoms. The topological polar surface area (TPSA) is 61.1 Å². The SMILES string of the molecule is C[n+]1ccc2ccccc2c1Br.O=S(=O)([O-])C(F)(F)F. The van der Waals surface area contributed by atoms with Gasteiger partial charge in [0.1, 0.15) is 7.05 Å². The molecule has 0 aliphatic carbocycles. The van der Waals surface area contributed by atoms with E-state index in [0.717, 1.165) is 4.60 Å². The summed E-state index contributed by atoms with van der Waals surface area (Å²) in [6.45, 7) is 0. The van der Waals surface area contributed by atoms with Crippen LogP contribution in [-0.4, -0.2) is 18.5 Å². The molecule has 0 unspecified atom stereocenters. The second-order valence-electron chi connectivity index (χ2n) is 3.70. The predicted molar refractivity (Wildman–Crippen MR) is 68.6 cm³/mol. The van der Waals surface area contributed by atoms with Crippen LogP contribution in [0.1, 0.15) is 0 Å². The molecule has 2 rings (SSSR count). The Kier molecular flexibility index (Phi) is 5.11. The number of halogens is 4. The van der Waals surface area contributed by atoms with Crippen LogP contribution in [0.5, 0.6) is 0 Å². The Morgan fingerprint density at radius 1 is 1.20 bits per heavy atom. The third-order valence-electron chi connectivity index (χ3n) is 2.25. The maximum atomic E-state index is 10.7. The van der Waals surface area contributed by atoms with Gasteiger partial charge in [0.15, 0.2) is 16.3 Å². The highest BCUT2D eigenvalue weighted by atomic mass is 79.9. The average molecular weight is 372 g/mol. The van der Waals surface area contributed by atoms with Crippen molar-refractivity contribution in [2.45, 2.75) is 5.51 Å². The Labute approximate surface area is 121 Å². The fourth-order valence-corrected chi connectivity index (χ4v) is 1.76. The number of benzene rings is 1. The highest BCUT2D eigenvalue weighted by molar-refractivity contribution is 9.10. The van der Waals surface area contributed by atoms with E-state index in [-0.39, 0.29) is 0 Å². The third-order valence-corrected chi connectivity index (χ3v) is 3.81. The van der Waals surface area contributed by atoms with Gasteiger partial charge in [0.2, 0.25) is 0 Å². The molecule has 1 aromatic carbocycles. The Morgan fingerprint density at radius 3 is 2.20 bits per heavy atom. The Bertz CT molecular complexity index is 716. The lowest BCUT2D eigenvalue weighted by Gasteiger charge is -2.08. The molecule has 20 heavy (non-hydrogen) atoms. The first kappa shape index (κ1) is 16.9. The molecule has 0 aliphatic rings. The van der Waals surface area contributed by atoms with Gasteiger partial charge in [0, 0.05) is 22.0 Å². The Balaban J connectivity index is 0.000000221. The number of aromatic nitrogens is 1. The Morgan fingerprint density at radius 2 is 1.70 bits per heavy atom. The van der Waals surface area contributed by atoms with Crippen LogP contribution < -0.4 is 4.57 Å². The van der Waals surface area contributed by atoms with E-state index in [1.165, 1.54) is 10.8 Å². The van der Waals surface area contributed by atoms with E-state index < -0.39 is 15.6 Å². The lowest BCUT2D eigenvalue weighted by molar-refractivity contribution is -0.681. The molecule has 0 N–H and O–H groups in total. The van der Waals surface area contributed by atoms with E-state index in [4.69, 9.17) is 13.0 Å². The monoisotopic (exact) mass is 371 g/mol. The number of alkyl halides is 3. The molecule has 0 radical (unpaired) electrons. The van der Waals surface area contributed by atoms with Crippen LogP contribution in [0.15, 0.2) is 41.1 Å². The van der Waals surface area contributed by atoms with Crippen molar-refractivity contribution in [3.05, 3.63) is 41.1 Å². The number of rotatable bonds is 0. The van der Waals surface area contributed by atoms with Crippen LogP contribution >= 0.6 is 15.9 Å². The highest BCUT2D eigenvalue weighted by Crippen LogP contribution is 2.20. The van der Waals surface area contributed by atoms with Gasteiger partial charge in [-0.25, -0.2) is 8.42 Å². The first-order valence-corrected chi connectivity index (χ1v) is 7.29. The van der Waals surface area contributed by atoms with Gasteiger partial charge in [-0.2, -0.15) is 17.7 Å². The summed E-state index contributed by atoms with van der Waals surface area (Å²) in [5.74, 6) is 0. The first-order valence-electron chi connectivity index (χ1n) is 5.09. The zero-order valence-electron chi connectivity index (χ0n) is 10.1. The van der Waals surface area contributed by atoms with E-state index in [1.807, 2.05) is 19.3 Å². The van der Waals surface area contributed by atoms with Gasteiger partial charge in [0.25, 0.3) is 4.60 Å². The van der Waals surface area contributed by atoms with Gasteiger partial charge in [-0.05, 0) is 11.5 Å². The van der Waals surface area contributed by atoms with Gasteiger partial charge in [-0.1, -0.05) is 18.2 Å². The van der Waals surface area contributed by atoms with Crippen molar-refractivity contribution in [1.29, 1.82) is 0 Å². The number of hydrogen-bond acceptors (Lipinski definition) is 3. The minimum atomic E-state index is -6.09. The van der Waals surface area contributed by atoms with Gasteiger partial charge in [-0.15, -0.1) is 0 Å². The maximum Gasteiger partial charge on any atom is 0.485 e. The second kappa shape index (κ2) is 6.06. The molecular formula is C11H9BrF3NO3S. The lowest BCUT2D eigenvalue weighted by Crippen LogP contribution is -2.28. The van der Waals surface area contributed by atoms with Gasteiger partial charge in [-0.3, -0.25) is 0 Å². The molecule has 0 fully saturated rings. The molecule has 0 amide bonds. The van der Waals surface area contributed by atoms with Crippen LogP contribution in [0.2, 0.25) is 0 Å². The summed E-state index contributed by atoms with van der Waals surface area (Å²) in [5, 5.41) is 2.52. The maximum absolute atomic E-state index is 10.7. The van der Waals surface area contributed by atoms with Crippen molar-refractivity contribution in [2.24, 2.45) is 7.05 Å². The molecule has 1 aromatic heterocycles. The van der Waals surface area contributed by atoms with Crippen molar-refractivity contribution in [1.82, 2.24) is 0 Å². The number of pyridine rings is 1. The van der Waals surface area contributed by atoms with Crippen LogP contribution in [0, 0.1) is 0 Å². The van der Waals surface area contributed by atoms with Crippen LogP contribution in [0.4, 0.5) is 13.2 Å². The Hall–Kier alpha value is -1.19. The van der Waals surface area contributed by atoms with Gasteiger partial charge < -0.3 is 4.55 Å². The molecule has 0 saturated carbocycles. The normalized spacial score (nSPS) is 11.9. The minimum absolute atomic E-state index is 1.13. The van der Waals surface area contributed by atoms with E-state index in [1.54, 1.807) is 0 Å². The quantitative estimate of drug-likeness (QED) is 0.309. The fraction of sp³-hybridized carbons (Fsp3) is 0.182. The van der Waals surface area contributed by atoms with Crippen molar-refractivity contribution < 1.29 is 30.7 Å². The summed E-state index contributed by atoms with van der Waals surface area (Å²) in [6, 6.07) is 10.4. The summed E-state index contributed by atoms with van der Waals surface area (Å²) in [7, 11) is -4.07. The predicted octanol–water partition coefficient (Wildman–Crippen LogP) is 2.48. The molecule has 4 nitrogen and oxygen atoms in total. The molecule has 1 heterocycles. The van der Waals surface area contributed by atoms with Crippen LogP contribution in [0.3, 0.4) is 0 Å². The minimum Gasteiger partial charge on any atom is -0.741 e. The van der Waals surface area contributed by atoms with E-state index in [9.17, 15) is 13.2 Å². The molecule has 110 valence electrons. The van der Waals surface area contributed by atoms with E-state index in [0.29, 0.717) is 0 Å². The molecule has 2 aromatic rings. The lowest BCUT2D eigenvalue weighted by atomic mass is 10.2. The number of fused-ring (bicyclic) bond motifs is 1. The highest BCUT2D eigenvalue weighted by Gasteiger charge is 2.36. The van der Waals surface area contributed by atoms with Crippen molar-refractivity contribution in [3.63, 3.8) is 0 Å². The largest absolute Gasteiger partial charge is 0.741 e.